The second kappa shape index (κ2) is 5.85. The number of amides is 1. The first-order valence-corrected chi connectivity index (χ1v) is 7.60. The molecule has 0 saturated heterocycles. The van der Waals surface area contributed by atoms with E-state index < -0.39 is 0 Å². The molecule has 0 fully saturated rings. The quantitative estimate of drug-likeness (QED) is 0.883. The van der Waals surface area contributed by atoms with Crippen molar-refractivity contribution in [1.29, 1.82) is 0 Å². The standard InChI is InChI=1S/C15H17ClN4O/c1-10(14-19-18-13-3-2-8-20(13)14)17-15(21)12-6-4-11(9-16)5-7-12/h4-7,10H,2-3,8-9H2,1H3,(H,17,21). The van der Waals surface area contributed by atoms with Crippen molar-refractivity contribution < 1.29 is 4.79 Å². The summed E-state index contributed by atoms with van der Waals surface area (Å²) in [6.07, 6.45) is 2.06. The summed E-state index contributed by atoms with van der Waals surface area (Å²) in [5, 5.41) is 11.3. The Morgan fingerprint density at radius 1 is 1.38 bits per heavy atom. The van der Waals surface area contributed by atoms with Crippen molar-refractivity contribution in [2.24, 2.45) is 0 Å². The van der Waals surface area contributed by atoms with Gasteiger partial charge in [0, 0.05) is 24.4 Å². The minimum Gasteiger partial charge on any atom is -0.342 e. The second-order valence-electron chi connectivity index (χ2n) is 5.26. The number of benzene rings is 1. The van der Waals surface area contributed by atoms with Crippen molar-refractivity contribution in [1.82, 2.24) is 20.1 Å². The Labute approximate surface area is 128 Å². The minimum absolute atomic E-state index is 0.112. The van der Waals surface area contributed by atoms with Crippen LogP contribution in [0.15, 0.2) is 24.3 Å². The number of aryl methyl sites for hydroxylation is 1. The van der Waals surface area contributed by atoms with Crippen molar-refractivity contribution in [3.8, 4) is 0 Å². The van der Waals surface area contributed by atoms with E-state index in [0.717, 1.165) is 36.6 Å². The number of halogens is 1. The monoisotopic (exact) mass is 304 g/mol. The molecule has 2 aromatic rings. The summed E-state index contributed by atoms with van der Waals surface area (Å²) < 4.78 is 2.10. The number of nitrogens with zero attached hydrogens (tertiary/aromatic N) is 3. The van der Waals surface area contributed by atoms with Gasteiger partial charge < -0.3 is 9.88 Å². The third-order valence-corrected chi connectivity index (χ3v) is 4.05. The SMILES string of the molecule is CC(NC(=O)c1ccc(CCl)cc1)c1nnc2n1CCC2. The summed E-state index contributed by atoms with van der Waals surface area (Å²) in [5.41, 5.74) is 1.62. The molecule has 1 N–H and O–H groups in total. The van der Waals surface area contributed by atoms with E-state index in [2.05, 4.69) is 20.1 Å². The number of rotatable bonds is 4. The number of hydrogen-bond acceptors (Lipinski definition) is 3. The fraction of sp³-hybridized carbons (Fsp3) is 0.400. The van der Waals surface area contributed by atoms with Gasteiger partial charge in [-0.25, -0.2) is 0 Å². The molecule has 1 unspecified atom stereocenters. The molecule has 0 bridgehead atoms. The van der Waals surface area contributed by atoms with Crippen LogP contribution in [0.3, 0.4) is 0 Å². The second-order valence-corrected chi connectivity index (χ2v) is 5.52. The van der Waals surface area contributed by atoms with E-state index in [4.69, 9.17) is 11.6 Å². The van der Waals surface area contributed by atoms with Gasteiger partial charge in [0.05, 0.1) is 6.04 Å². The van der Waals surface area contributed by atoms with Crippen molar-refractivity contribution in [2.75, 3.05) is 0 Å². The lowest BCUT2D eigenvalue weighted by atomic mass is 10.1. The van der Waals surface area contributed by atoms with E-state index in [1.807, 2.05) is 19.1 Å². The molecule has 0 spiro atoms. The average molecular weight is 305 g/mol. The average Bonchev–Trinajstić information content (AvgIpc) is 3.09. The molecule has 3 rings (SSSR count). The molecule has 1 aromatic carbocycles. The maximum atomic E-state index is 12.2. The summed E-state index contributed by atoms with van der Waals surface area (Å²) in [4.78, 5) is 12.2. The summed E-state index contributed by atoms with van der Waals surface area (Å²) >= 11 is 5.75. The third-order valence-electron chi connectivity index (χ3n) is 3.74. The van der Waals surface area contributed by atoms with Gasteiger partial charge in [0.1, 0.15) is 5.82 Å². The van der Waals surface area contributed by atoms with Crippen LogP contribution in [-0.2, 0) is 18.8 Å². The lowest BCUT2D eigenvalue weighted by molar-refractivity contribution is 0.0937. The van der Waals surface area contributed by atoms with Crippen LogP contribution in [-0.4, -0.2) is 20.7 Å². The minimum atomic E-state index is -0.162. The number of hydrogen-bond donors (Lipinski definition) is 1. The molecule has 5 nitrogen and oxygen atoms in total. The van der Waals surface area contributed by atoms with Gasteiger partial charge in [-0.1, -0.05) is 12.1 Å². The highest BCUT2D eigenvalue weighted by Gasteiger charge is 2.22. The molecule has 0 saturated carbocycles. The van der Waals surface area contributed by atoms with Crippen LogP contribution in [0.4, 0.5) is 0 Å². The van der Waals surface area contributed by atoms with Gasteiger partial charge in [-0.2, -0.15) is 0 Å². The molecule has 21 heavy (non-hydrogen) atoms. The van der Waals surface area contributed by atoms with Gasteiger partial charge in [-0.05, 0) is 31.0 Å². The van der Waals surface area contributed by atoms with Gasteiger partial charge in [-0.3, -0.25) is 4.79 Å². The first-order valence-electron chi connectivity index (χ1n) is 7.07. The van der Waals surface area contributed by atoms with Crippen LogP contribution < -0.4 is 5.32 Å². The van der Waals surface area contributed by atoms with Gasteiger partial charge in [-0.15, -0.1) is 21.8 Å². The fourth-order valence-corrected chi connectivity index (χ4v) is 2.76. The number of nitrogens with one attached hydrogen (secondary N) is 1. The highest BCUT2D eigenvalue weighted by Crippen LogP contribution is 2.19. The lowest BCUT2D eigenvalue weighted by Crippen LogP contribution is -2.28. The molecule has 110 valence electrons. The molecule has 1 aliphatic rings. The van der Waals surface area contributed by atoms with Crippen LogP contribution in [0.2, 0.25) is 0 Å². The Bertz CT molecular complexity index is 650. The van der Waals surface area contributed by atoms with E-state index in [1.54, 1.807) is 12.1 Å². The number of aromatic nitrogens is 3. The number of alkyl halides is 1. The third kappa shape index (κ3) is 2.78. The van der Waals surface area contributed by atoms with Crippen LogP contribution in [0, 0.1) is 0 Å². The molecular weight excluding hydrogens is 288 g/mol. The summed E-state index contributed by atoms with van der Waals surface area (Å²) in [5.74, 6) is 2.18. The Morgan fingerprint density at radius 2 is 2.14 bits per heavy atom. The molecular formula is C15H17ClN4O. The van der Waals surface area contributed by atoms with Crippen molar-refractivity contribution >= 4 is 17.5 Å². The highest BCUT2D eigenvalue weighted by molar-refractivity contribution is 6.17. The van der Waals surface area contributed by atoms with Gasteiger partial charge in [0.15, 0.2) is 5.82 Å². The zero-order chi connectivity index (χ0) is 14.8. The van der Waals surface area contributed by atoms with Crippen LogP contribution in [0.5, 0.6) is 0 Å². The molecule has 0 aliphatic carbocycles. The number of fused-ring (bicyclic) bond motifs is 1. The molecule has 1 atom stereocenters. The lowest BCUT2D eigenvalue weighted by Gasteiger charge is -2.14. The highest BCUT2D eigenvalue weighted by atomic mass is 35.5. The van der Waals surface area contributed by atoms with Gasteiger partial charge in [0.25, 0.3) is 5.91 Å². The number of carbonyl (C=O) groups excluding carboxylic acids is 1. The predicted octanol–water partition coefficient (Wildman–Crippen LogP) is 2.45. The zero-order valence-corrected chi connectivity index (χ0v) is 12.6. The van der Waals surface area contributed by atoms with E-state index >= 15 is 0 Å². The van der Waals surface area contributed by atoms with Crippen LogP contribution >= 0.6 is 11.6 Å². The van der Waals surface area contributed by atoms with Crippen molar-refractivity contribution in [3.05, 3.63) is 47.0 Å². The summed E-state index contributed by atoms with van der Waals surface area (Å²) in [7, 11) is 0. The van der Waals surface area contributed by atoms with E-state index in [9.17, 15) is 4.79 Å². The summed E-state index contributed by atoms with van der Waals surface area (Å²) in [6, 6.07) is 7.13. The molecule has 1 aromatic heterocycles. The first kappa shape index (κ1) is 14.1. The van der Waals surface area contributed by atoms with E-state index in [-0.39, 0.29) is 11.9 Å². The van der Waals surface area contributed by atoms with Crippen LogP contribution in [0.1, 0.15) is 47.0 Å². The maximum Gasteiger partial charge on any atom is 0.251 e. The first-order chi connectivity index (χ1) is 10.2. The fourth-order valence-electron chi connectivity index (χ4n) is 2.58. The van der Waals surface area contributed by atoms with E-state index in [0.29, 0.717) is 11.4 Å². The van der Waals surface area contributed by atoms with E-state index in [1.165, 1.54) is 0 Å². The Morgan fingerprint density at radius 3 is 2.86 bits per heavy atom. The predicted molar refractivity (Wildman–Crippen MR) is 80.2 cm³/mol. The summed E-state index contributed by atoms with van der Waals surface area (Å²) in [6.45, 7) is 2.86. The Hall–Kier alpha value is -1.88. The van der Waals surface area contributed by atoms with Crippen molar-refractivity contribution in [3.63, 3.8) is 0 Å². The molecule has 1 amide bonds. The largest absolute Gasteiger partial charge is 0.342 e. The van der Waals surface area contributed by atoms with Crippen LogP contribution in [0.25, 0.3) is 0 Å². The molecule has 2 heterocycles. The van der Waals surface area contributed by atoms with Crippen molar-refractivity contribution in [2.45, 2.75) is 38.2 Å². The van der Waals surface area contributed by atoms with Gasteiger partial charge >= 0.3 is 0 Å². The molecule has 1 aliphatic heterocycles. The zero-order valence-electron chi connectivity index (χ0n) is 11.8. The topological polar surface area (TPSA) is 59.8 Å². The molecule has 0 radical (unpaired) electrons. The number of carbonyl (C=O) groups is 1. The van der Waals surface area contributed by atoms with Gasteiger partial charge in [0.2, 0.25) is 0 Å². The smallest absolute Gasteiger partial charge is 0.251 e. The maximum absolute atomic E-state index is 12.2. The molecule has 6 heteroatoms. The normalized spacial score (nSPS) is 14.8. The Kier molecular flexibility index (Phi) is 3.92. The Balaban J connectivity index is 1.71.